The van der Waals surface area contributed by atoms with Gasteiger partial charge in [-0.1, -0.05) is 5.16 Å². The van der Waals surface area contributed by atoms with Crippen LogP contribution in [-0.2, 0) is 11.8 Å². The van der Waals surface area contributed by atoms with Crippen molar-refractivity contribution < 1.29 is 14.1 Å². The molecule has 9 heteroatoms. The molecule has 0 saturated heterocycles. The summed E-state index contributed by atoms with van der Waals surface area (Å²) in [6, 6.07) is 3.32. The number of nitrogens with zero attached hydrogens (tertiary/aromatic N) is 5. The molecule has 1 N–H and O–H groups in total. The Morgan fingerprint density at radius 2 is 2.00 bits per heavy atom. The normalized spacial score (nSPS) is 11.0. The second kappa shape index (κ2) is 6.58. The Bertz CT molecular complexity index is 1000. The second-order valence-corrected chi connectivity index (χ2v) is 6.25. The van der Waals surface area contributed by atoms with Gasteiger partial charge in [0.15, 0.2) is 11.5 Å². The Morgan fingerprint density at radius 3 is 2.65 bits per heavy atom. The van der Waals surface area contributed by atoms with Crippen LogP contribution >= 0.6 is 0 Å². The van der Waals surface area contributed by atoms with E-state index >= 15 is 0 Å². The summed E-state index contributed by atoms with van der Waals surface area (Å²) in [5.74, 6) is 0.271. The zero-order chi connectivity index (χ0) is 19.0. The predicted octanol–water partition coefficient (Wildman–Crippen LogP) is 1.59. The Labute approximate surface area is 150 Å². The number of anilines is 1. The molecule has 0 fully saturated rings. The number of nitrogens with one attached hydrogen (secondary N) is 1. The zero-order valence-electron chi connectivity index (χ0n) is 15.3. The van der Waals surface area contributed by atoms with Gasteiger partial charge in [-0.05, 0) is 26.8 Å². The molecule has 0 bridgehead atoms. The molecule has 2 amide bonds. The number of likely N-dealkylation sites (N-methyl/N-ethyl adjacent to an activating group) is 1. The fourth-order valence-corrected chi connectivity index (χ4v) is 2.84. The summed E-state index contributed by atoms with van der Waals surface area (Å²) in [6.45, 7) is 5.26. The van der Waals surface area contributed by atoms with Gasteiger partial charge in [0.25, 0.3) is 5.91 Å². The minimum absolute atomic E-state index is 0.118. The van der Waals surface area contributed by atoms with Crippen LogP contribution in [0.15, 0.2) is 16.7 Å². The number of hydrogen-bond acceptors (Lipinski definition) is 6. The molecule has 0 saturated carbocycles. The molecular weight excluding hydrogens is 336 g/mol. The monoisotopic (exact) mass is 356 g/mol. The predicted molar refractivity (Wildman–Crippen MR) is 94.8 cm³/mol. The maximum Gasteiger partial charge on any atom is 0.254 e. The Kier molecular flexibility index (Phi) is 4.45. The minimum Gasteiger partial charge on any atom is -0.360 e. The van der Waals surface area contributed by atoms with Crippen molar-refractivity contribution in [1.82, 2.24) is 24.8 Å². The fourth-order valence-electron chi connectivity index (χ4n) is 2.84. The summed E-state index contributed by atoms with van der Waals surface area (Å²) < 4.78 is 6.55. The minimum atomic E-state index is -0.362. The van der Waals surface area contributed by atoms with Gasteiger partial charge in [-0.25, -0.2) is 4.98 Å². The van der Waals surface area contributed by atoms with Crippen molar-refractivity contribution in [2.75, 3.05) is 18.9 Å². The van der Waals surface area contributed by atoms with Crippen molar-refractivity contribution in [2.24, 2.45) is 7.05 Å². The molecule has 0 aromatic carbocycles. The topological polar surface area (TPSA) is 106 Å². The summed E-state index contributed by atoms with van der Waals surface area (Å²) in [5, 5.41) is 11.3. The van der Waals surface area contributed by atoms with Crippen molar-refractivity contribution >= 4 is 28.7 Å². The first-order valence-corrected chi connectivity index (χ1v) is 8.06. The number of carbonyl (C=O) groups is 2. The first-order chi connectivity index (χ1) is 12.3. The van der Waals surface area contributed by atoms with Gasteiger partial charge in [0.2, 0.25) is 5.91 Å². The van der Waals surface area contributed by atoms with Gasteiger partial charge < -0.3 is 14.7 Å². The molecule has 0 aliphatic heterocycles. The van der Waals surface area contributed by atoms with E-state index in [9.17, 15) is 9.59 Å². The van der Waals surface area contributed by atoms with Gasteiger partial charge in [0.1, 0.15) is 5.76 Å². The van der Waals surface area contributed by atoms with Gasteiger partial charge in [-0.15, -0.1) is 0 Å². The number of fused-ring (bicyclic) bond motifs is 1. The number of pyridine rings is 1. The van der Waals surface area contributed by atoms with E-state index in [0.29, 0.717) is 39.6 Å². The molecule has 0 atom stereocenters. The van der Waals surface area contributed by atoms with E-state index in [0.717, 1.165) is 0 Å². The highest BCUT2D eigenvalue weighted by molar-refractivity contribution is 6.07. The maximum atomic E-state index is 12.9. The Balaban J connectivity index is 1.82. The standard InChI is InChI=1S/C17H20N6O3/c1-9-6-12(15-11(3)20-23(5)16(15)18-9)17(25)22(4)8-14(24)19-13-7-10(2)26-21-13/h6-7H,8H2,1-5H3,(H,19,21,24). The van der Waals surface area contributed by atoms with Crippen molar-refractivity contribution in [3.8, 4) is 0 Å². The number of aromatic nitrogens is 4. The van der Waals surface area contributed by atoms with Crippen LogP contribution in [0, 0.1) is 20.8 Å². The maximum absolute atomic E-state index is 12.9. The quantitative estimate of drug-likeness (QED) is 0.761. The van der Waals surface area contributed by atoms with E-state index in [1.165, 1.54) is 4.90 Å². The molecule has 3 rings (SSSR count). The van der Waals surface area contributed by atoms with Gasteiger partial charge in [0, 0.05) is 25.9 Å². The molecule has 3 aromatic rings. The lowest BCUT2D eigenvalue weighted by atomic mass is 10.1. The number of amides is 2. The third kappa shape index (κ3) is 3.28. The van der Waals surface area contributed by atoms with Crippen molar-refractivity contribution in [3.63, 3.8) is 0 Å². The second-order valence-electron chi connectivity index (χ2n) is 6.25. The number of aryl methyl sites for hydroxylation is 4. The van der Waals surface area contributed by atoms with Crippen molar-refractivity contribution in [3.05, 3.63) is 34.8 Å². The lowest BCUT2D eigenvalue weighted by Crippen LogP contribution is -2.35. The molecule has 9 nitrogen and oxygen atoms in total. The van der Waals surface area contributed by atoms with Crippen LogP contribution in [0.3, 0.4) is 0 Å². The highest BCUT2D eigenvalue weighted by Gasteiger charge is 2.22. The molecular formula is C17H20N6O3. The number of hydrogen-bond donors (Lipinski definition) is 1. The number of rotatable bonds is 4. The molecule has 0 unspecified atom stereocenters. The van der Waals surface area contributed by atoms with Gasteiger partial charge in [-0.2, -0.15) is 5.10 Å². The van der Waals surface area contributed by atoms with Crippen LogP contribution in [-0.4, -0.2) is 50.2 Å². The third-order valence-electron chi connectivity index (χ3n) is 3.95. The van der Waals surface area contributed by atoms with E-state index in [1.807, 2.05) is 13.8 Å². The Hall–Kier alpha value is -3.23. The molecule has 0 aliphatic rings. The smallest absolute Gasteiger partial charge is 0.254 e. The molecule has 0 aliphatic carbocycles. The molecule has 0 spiro atoms. The van der Waals surface area contributed by atoms with Gasteiger partial charge >= 0.3 is 0 Å². The van der Waals surface area contributed by atoms with E-state index in [2.05, 4.69) is 20.6 Å². The average Bonchev–Trinajstić information content (AvgIpc) is 3.09. The van der Waals surface area contributed by atoms with Crippen LogP contribution in [0.25, 0.3) is 11.0 Å². The lowest BCUT2D eigenvalue weighted by molar-refractivity contribution is -0.116. The summed E-state index contributed by atoms with van der Waals surface area (Å²) >= 11 is 0. The van der Waals surface area contributed by atoms with Crippen LogP contribution in [0.1, 0.15) is 27.5 Å². The van der Waals surface area contributed by atoms with Crippen LogP contribution in [0.5, 0.6) is 0 Å². The highest BCUT2D eigenvalue weighted by atomic mass is 16.5. The fraction of sp³-hybridized carbons (Fsp3) is 0.353. The van der Waals surface area contributed by atoms with Crippen molar-refractivity contribution in [2.45, 2.75) is 20.8 Å². The largest absolute Gasteiger partial charge is 0.360 e. The summed E-state index contributed by atoms with van der Waals surface area (Å²) in [6.07, 6.45) is 0. The van der Waals surface area contributed by atoms with Crippen molar-refractivity contribution in [1.29, 1.82) is 0 Å². The SMILES string of the molecule is Cc1cc(C(=O)N(C)CC(=O)Nc2cc(C)on2)c2c(C)nn(C)c2n1. The molecule has 136 valence electrons. The summed E-state index contributed by atoms with van der Waals surface area (Å²) in [5.41, 5.74) is 2.54. The molecule has 3 aromatic heterocycles. The molecule has 26 heavy (non-hydrogen) atoms. The zero-order valence-corrected chi connectivity index (χ0v) is 15.3. The first kappa shape index (κ1) is 17.6. The van der Waals surface area contributed by atoms with Crippen LogP contribution in [0.2, 0.25) is 0 Å². The third-order valence-corrected chi connectivity index (χ3v) is 3.95. The van der Waals surface area contributed by atoms with E-state index in [1.54, 1.807) is 37.8 Å². The van der Waals surface area contributed by atoms with Gasteiger partial charge in [-0.3, -0.25) is 14.3 Å². The molecule has 0 radical (unpaired) electrons. The first-order valence-electron chi connectivity index (χ1n) is 8.06. The lowest BCUT2D eigenvalue weighted by Gasteiger charge is -2.17. The highest BCUT2D eigenvalue weighted by Crippen LogP contribution is 2.22. The van der Waals surface area contributed by atoms with Crippen LogP contribution < -0.4 is 5.32 Å². The summed E-state index contributed by atoms with van der Waals surface area (Å²) in [4.78, 5) is 30.9. The van der Waals surface area contributed by atoms with E-state index < -0.39 is 0 Å². The van der Waals surface area contributed by atoms with E-state index in [-0.39, 0.29) is 18.4 Å². The average molecular weight is 356 g/mol. The van der Waals surface area contributed by atoms with E-state index in [4.69, 9.17) is 4.52 Å². The summed E-state index contributed by atoms with van der Waals surface area (Å²) in [7, 11) is 3.36. The van der Waals surface area contributed by atoms with Gasteiger partial charge in [0.05, 0.1) is 23.2 Å². The Morgan fingerprint density at radius 1 is 1.27 bits per heavy atom. The number of carbonyl (C=O) groups excluding carboxylic acids is 2. The van der Waals surface area contributed by atoms with Crippen LogP contribution in [0.4, 0.5) is 5.82 Å². The molecule has 3 heterocycles.